The highest BCUT2D eigenvalue weighted by Crippen LogP contribution is 2.34. The highest BCUT2D eigenvalue weighted by Gasteiger charge is 2.41. The van der Waals surface area contributed by atoms with Crippen LogP contribution in [-0.4, -0.2) is 29.0 Å². The number of para-hydroxylation sites is 1. The van der Waals surface area contributed by atoms with Crippen LogP contribution in [0.4, 0.5) is 0 Å². The molecule has 0 unspecified atom stereocenters. The van der Waals surface area contributed by atoms with Gasteiger partial charge >= 0.3 is 0 Å². The van der Waals surface area contributed by atoms with Crippen LogP contribution in [0.3, 0.4) is 0 Å². The van der Waals surface area contributed by atoms with E-state index in [9.17, 15) is 14.7 Å². The number of rotatable bonds is 2. The van der Waals surface area contributed by atoms with Crippen LogP contribution in [0, 0.1) is 6.92 Å². The highest BCUT2D eigenvalue weighted by molar-refractivity contribution is 5.93. The normalized spacial score (nSPS) is 19.8. The van der Waals surface area contributed by atoms with Gasteiger partial charge in [-0.1, -0.05) is 36.4 Å². The van der Waals surface area contributed by atoms with Gasteiger partial charge in [-0.05, 0) is 36.6 Å². The summed E-state index contributed by atoms with van der Waals surface area (Å²) in [5.41, 5.74) is 0.870. The standard InChI is InChI=1S/C21H19NO4/c1-14-6-2-4-8-16(14)21(25)10-11-22(13-21)20(24)19-12-17(23)15-7-3-5-9-18(15)26-19/h2-9,12,25H,10-11,13H2,1H3/t21-/m1/s1. The van der Waals surface area contributed by atoms with Gasteiger partial charge in [0.2, 0.25) is 0 Å². The first-order chi connectivity index (χ1) is 12.5. The molecule has 1 N–H and O–H groups in total. The Balaban J connectivity index is 1.64. The number of hydrogen-bond acceptors (Lipinski definition) is 4. The third kappa shape index (κ3) is 2.70. The lowest BCUT2D eigenvalue weighted by molar-refractivity contribution is 0.0403. The smallest absolute Gasteiger partial charge is 0.289 e. The van der Waals surface area contributed by atoms with Gasteiger partial charge in [0.15, 0.2) is 11.2 Å². The summed E-state index contributed by atoms with van der Waals surface area (Å²) < 4.78 is 5.64. The first-order valence-electron chi connectivity index (χ1n) is 8.59. The fraction of sp³-hybridized carbons (Fsp3) is 0.238. The lowest BCUT2D eigenvalue weighted by Crippen LogP contribution is -2.35. The maximum absolute atomic E-state index is 12.8. The van der Waals surface area contributed by atoms with Gasteiger partial charge in [0.1, 0.15) is 11.2 Å². The number of likely N-dealkylation sites (tertiary alicyclic amines) is 1. The van der Waals surface area contributed by atoms with Crippen molar-refractivity contribution in [1.82, 2.24) is 4.90 Å². The molecule has 1 aliphatic rings. The zero-order valence-electron chi connectivity index (χ0n) is 14.4. The monoisotopic (exact) mass is 349 g/mol. The van der Waals surface area contributed by atoms with E-state index in [0.29, 0.717) is 23.9 Å². The first kappa shape index (κ1) is 16.5. The maximum Gasteiger partial charge on any atom is 0.289 e. The Kier molecular flexibility index (Phi) is 3.89. The molecule has 2 heterocycles. The number of amides is 1. The molecule has 132 valence electrons. The quantitative estimate of drug-likeness (QED) is 0.772. The number of aliphatic hydroxyl groups is 1. The minimum absolute atomic E-state index is 0.00253. The number of β-amino-alcohol motifs (C(OH)–C–C–N with tert-alkyl or cyclic N) is 1. The molecule has 1 aliphatic heterocycles. The summed E-state index contributed by atoms with van der Waals surface area (Å²) in [6.07, 6.45) is 0.446. The van der Waals surface area contributed by atoms with E-state index in [1.807, 2.05) is 31.2 Å². The van der Waals surface area contributed by atoms with Gasteiger partial charge in [0, 0.05) is 12.6 Å². The molecule has 0 spiro atoms. The Hall–Kier alpha value is -2.92. The van der Waals surface area contributed by atoms with Crippen molar-refractivity contribution in [2.45, 2.75) is 18.9 Å². The summed E-state index contributed by atoms with van der Waals surface area (Å²) in [6.45, 7) is 2.52. The van der Waals surface area contributed by atoms with Crippen LogP contribution < -0.4 is 5.43 Å². The molecule has 3 aromatic rings. The van der Waals surface area contributed by atoms with E-state index in [0.717, 1.165) is 11.1 Å². The number of benzene rings is 2. The lowest BCUT2D eigenvalue weighted by Gasteiger charge is -2.25. The Labute approximate surface area is 150 Å². The van der Waals surface area contributed by atoms with Crippen molar-refractivity contribution in [3.05, 3.63) is 81.7 Å². The molecule has 4 rings (SSSR count). The van der Waals surface area contributed by atoms with E-state index < -0.39 is 5.60 Å². The third-order valence-corrected chi connectivity index (χ3v) is 5.03. The zero-order chi connectivity index (χ0) is 18.3. The fourth-order valence-corrected chi connectivity index (χ4v) is 3.65. The SMILES string of the molecule is Cc1ccccc1[C@@]1(O)CCN(C(=O)c2cc(=O)c3ccccc3o2)C1. The van der Waals surface area contributed by atoms with Gasteiger partial charge in [-0.25, -0.2) is 0 Å². The van der Waals surface area contributed by atoms with Gasteiger partial charge in [-0.15, -0.1) is 0 Å². The Morgan fingerprint density at radius 1 is 1.15 bits per heavy atom. The molecular formula is C21H19NO4. The Morgan fingerprint density at radius 3 is 2.69 bits per heavy atom. The van der Waals surface area contributed by atoms with Crippen molar-refractivity contribution in [3.8, 4) is 0 Å². The number of carbonyl (C=O) groups excluding carboxylic acids is 1. The third-order valence-electron chi connectivity index (χ3n) is 5.03. The number of carbonyl (C=O) groups is 1. The molecule has 1 saturated heterocycles. The molecule has 0 aliphatic carbocycles. The van der Waals surface area contributed by atoms with Crippen molar-refractivity contribution in [3.63, 3.8) is 0 Å². The molecule has 1 atom stereocenters. The van der Waals surface area contributed by atoms with Crippen molar-refractivity contribution < 1.29 is 14.3 Å². The summed E-state index contributed by atoms with van der Waals surface area (Å²) in [6, 6.07) is 15.7. The molecule has 0 bridgehead atoms. The number of nitrogens with zero attached hydrogens (tertiary/aromatic N) is 1. The van der Waals surface area contributed by atoms with Crippen LogP contribution in [0.25, 0.3) is 11.0 Å². The van der Waals surface area contributed by atoms with Crippen LogP contribution in [0.5, 0.6) is 0 Å². The fourth-order valence-electron chi connectivity index (χ4n) is 3.65. The lowest BCUT2D eigenvalue weighted by atomic mass is 9.89. The van der Waals surface area contributed by atoms with Gasteiger partial charge in [-0.3, -0.25) is 9.59 Å². The van der Waals surface area contributed by atoms with E-state index in [2.05, 4.69) is 0 Å². The molecule has 1 aromatic heterocycles. The Bertz CT molecular complexity index is 1060. The van der Waals surface area contributed by atoms with Gasteiger partial charge in [-0.2, -0.15) is 0 Å². The molecule has 5 nitrogen and oxygen atoms in total. The van der Waals surface area contributed by atoms with Crippen molar-refractivity contribution in [2.24, 2.45) is 0 Å². The van der Waals surface area contributed by atoms with E-state index in [1.165, 1.54) is 6.07 Å². The molecule has 0 radical (unpaired) electrons. The van der Waals surface area contributed by atoms with Crippen LogP contribution in [0.1, 0.15) is 28.1 Å². The molecule has 26 heavy (non-hydrogen) atoms. The van der Waals surface area contributed by atoms with Crippen LogP contribution >= 0.6 is 0 Å². The van der Waals surface area contributed by atoms with Gasteiger partial charge in [0.25, 0.3) is 5.91 Å². The van der Waals surface area contributed by atoms with Crippen molar-refractivity contribution in [2.75, 3.05) is 13.1 Å². The van der Waals surface area contributed by atoms with Crippen LogP contribution in [0.2, 0.25) is 0 Å². The highest BCUT2D eigenvalue weighted by atomic mass is 16.3. The molecule has 0 saturated carbocycles. The summed E-state index contributed by atoms with van der Waals surface area (Å²) in [4.78, 5) is 26.6. The van der Waals surface area contributed by atoms with Gasteiger partial charge < -0.3 is 14.4 Å². The van der Waals surface area contributed by atoms with E-state index in [1.54, 1.807) is 29.2 Å². The number of fused-ring (bicyclic) bond motifs is 1. The first-order valence-corrected chi connectivity index (χ1v) is 8.59. The molecular weight excluding hydrogens is 330 g/mol. The number of aryl methyl sites for hydroxylation is 1. The zero-order valence-corrected chi connectivity index (χ0v) is 14.4. The van der Waals surface area contributed by atoms with E-state index in [4.69, 9.17) is 4.42 Å². The maximum atomic E-state index is 12.8. The molecule has 1 amide bonds. The topological polar surface area (TPSA) is 70.8 Å². The number of hydrogen-bond donors (Lipinski definition) is 1. The minimum Gasteiger partial charge on any atom is -0.451 e. The molecule has 1 fully saturated rings. The second-order valence-corrected chi connectivity index (χ2v) is 6.79. The van der Waals surface area contributed by atoms with Gasteiger partial charge in [0.05, 0.1) is 11.9 Å². The Morgan fingerprint density at radius 2 is 1.88 bits per heavy atom. The minimum atomic E-state index is -1.09. The van der Waals surface area contributed by atoms with E-state index >= 15 is 0 Å². The summed E-state index contributed by atoms with van der Waals surface area (Å²) in [7, 11) is 0. The van der Waals surface area contributed by atoms with Crippen LogP contribution in [-0.2, 0) is 5.60 Å². The van der Waals surface area contributed by atoms with E-state index in [-0.39, 0.29) is 23.6 Å². The second-order valence-electron chi connectivity index (χ2n) is 6.79. The second kappa shape index (κ2) is 6.11. The van der Waals surface area contributed by atoms with Crippen molar-refractivity contribution in [1.29, 1.82) is 0 Å². The predicted molar refractivity (Wildman–Crippen MR) is 98.1 cm³/mol. The van der Waals surface area contributed by atoms with Crippen LogP contribution in [0.15, 0.2) is 63.8 Å². The average Bonchev–Trinajstić information content (AvgIpc) is 3.04. The molecule has 2 aromatic carbocycles. The average molecular weight is 349 g/mol. The summed E-state index contributed by atoms with van der Waals surface area (Å²) >= 11 is 0. The van der Waals surface area contributed by atoms with Crippen molar-refractivity contribution >= 4 is 16.9 Å². The predicted octanol–water partition coefficient (Wildman–Crippen LogP) is 2.84. The summed E-state index contributed by atoms with van der Waals surface area (Å²) in [5.74, 6) is -0.375. The summed E-state index contributed by atoms with van der Waals surface area (Å²) in [5, 5.41) is 11.5. The molecule has 5 heteroatoms. The largest absolute Gasteiger partial charge is 0.451 e.